The van der Waals surface area contributed by atoms with E-state index >= 15 is 0 Å². The Morgan fingerprint density at radius 1 is 1.48 bits per heavy atom. The van der Waals surface area contributed by atoms with Crippen LogP contribution >= 0.6 is 23.5 Å². The molecule has 3 heterocycles. The summed E-state index contributed by atoms with van der Waals surface area (Å²) in [5.41, 5.74) is 7.90. The molecule has 1 aliphatic rings. The summed E-state index contributed by atoms with van der Waals surface area (Å²) in [4.78, 5) is 17.5. The van der Waals surface area contributed by atoms with E-state index in [0.29, 0.717) is 28.6 Å². The Labute approximate surface area is 152 Å². The van der Waals surface area contributed by atoms with Gasteiger partial charge in [0.05, 0.1) is 28.8 Å². The number of fused-ring (bicyclic) bond motifs is 2. The number of ether oxygens (including phenoxy) is 1. The van der Waals surface area contributed by atoms with E-state index in [-0.39, 0.29) is 11.9 Å². The van der Waals surface area contributed by atoms with Crippen LogP contribution < -0.4 is 15.2 Å². The number of benzene rings is 1. The van der Waals surface area contributed by atoms with E-state index in [2.05, 4.69) is 19.9 Å². The Hall–Kier alpha value is -2.29. The van der Waals surface area contributed by atoms with Crippen LogP contribution in [0.1, 0.15) is 28.4 Å². The average Bonchev–Trinajstić information content (AvgIpc) is 3.09. The van der Waals surface area contributed by atoms with Crippen molar-refractivity contribution in [2.45, 2.75) is 17.4 Å². The zero-order valence-electron chi connectivity index (χ0n) is 13.0. The van der Waals surface area contributed by atoms with Gasteiger partial charge in [-0.2, -0.15) is 5.10 Å². The van der Waals surface area contributed by atoms with Gasteiger partial charge in [0.15, 0.2) is 5.65 Å². The van der Waals surface area contributed by atoms with E-state index in [1.807, 2.05) is 0 Å². The Morgan fingerprint density at radius 3 is 3.24 bits per heavy atom. The smallest absolute Gasteiger partial charge is 0.263 e. The van der Waals surface area contributed by atoms with Crippen LogP contribution in [0.2, 0.25) is 5.02 Å². The third kappa shape index (κ3) is 3.04. The Balaban J connectivity index is 1.56. The number of carbonyl (C=O) groups excluding carboxylic acids is 1. The number of amides is 1. The van der Waals surface area contributed by atoms with Crippen molar-refractivity contribution in [1.82, 2.24) is 19.9 Å². The molecule has 0 bridgehead atoms. The second-order valence-corrected chi connectivity index (χ2v) is 6.84. The molecule has 7 nitrogen and oxygen atoms in total. The molecular weight excluding hydrogens is 362 g/mol. The summed E-state index contributed by atoms with van der Waals surface area (Å²) >= 11 is 7.45. The van der Waals surface area contributed by atoms with E-state index in [4.69, 9.17) is 22.1 Å². The standard InChI is InChI=1S/C16H14ClN5O2S/c17-11-5-9-12(18)2-4-24-13(9)6-8(11)16(23)22-25-14-1-3-19-15-10(14)7-20-21-15/h1,3,5-7,12H,2,4,18H2,(H,22,23)(H,19,20,21)/t12-/m0/s1. The number of H-pyrrole nitrogens is 1. The third-order valence-electron chi connectivity index (χ3n) is 4.00. The van der Waals surface area contributed by atoms with Gasteiger partial charge < -0.3 is 10.5 Å². The number of rotatable bonds is 3. The van der Waals surface area contributed by atoms with Crippen molar-refractivity contribution in [2.24, 2.45) is 5.73 Å². The first-order valence-electron chi connectivity index (χ1n) is 7.60. The second-order valence-electron chi connectivity index (χ2n) is 5.59. The van der Waals surface area contributed by atoms with Gasteiger partial charge in [0.25, 0.3) is 5.91 Å². The summed E-state index contributed by atoms with van der Waals surface area (Å²) in [5.74, 6) is 0.299. The van der Waals surface area contributed by atoms with Crippen molar-refractivity contribution in [3.63, 3.8) is 0 Å². The molecule has 0 spiro atoms. The van der Waals surface area contributed by atoms with Crippen LogP contribution in [-0.4, -0.2) is 27.7 Å². The highest BCUT2D eigenvalue weighted by Gasteiger charge is 2.22. The van der Waals surface area contributed by atoms with Gasteiger partial charge in [-0.3, -0.25) is 14.6 Å². The van der Waals surface area contributed by atoms with Crippen LogP contribution in [-0.2, 0) is 0 Å². The predicted molar refractivity (Wildman–Crippen MR) is 95.7 cm³/mol. The Kier molecular flexibility index (Phi) is 4.24. The Morgan fingerprint density at radius 2 is 2.36 bits per heavy atom. The molecule has 0 radical (unpaired) electrons. The zero-order chi connectivity index (χ0) is 17.4. The van der Waals surface area contributed by atoms with Gasteiger partial charge in [0, 0.05) is 29.1 Å². The van der Waals surface area contributed by atoms with Crippen molar-refractivity contribution >= 4 is 40.5 Å². The van der Waals surface area contributed by atoms with Gasteiger partial charge in [0.1, 0.15) is 5.75 Å². The summed E-state index contributed by atoms with van der Waals surface area (Å²) in [7, 11) is 0. The van der Waals surface area contributed by atoms with Gasteiger partial charge in [-0.25, -0.2) is 4.98 Å². The number of nitrogens with zero attached hydrogens (tertiary/aromatic N) is 2. The molecule has 1 aliphatic heterocycles. The van der Waals surface area contributed by atoms with Gasteiger partial charge in [-0.15, -0.1) is 0 Å². The lowest BCUT2D eigenvalue weighted by atomic mass is 9.99. The molecule has 0 aliphatic carbocycles. The van der Waals surface area contributed by atoms with Crippen LogP contribution in [0.25, 0.3) is 11.0 Å². The first-order valence-corrected chi connectivity index (χ1v) is 8.80. The maximum Gasteiger partial charge on any atom is 0.263 e. The van der Waals surface area contributed by atoms with Crippen LogP contribution in [0.5, 0.6) is 5.75 Å². The summed E-state index contributed by atoms with van der Waals surface area (Å²) in [6.45, 7) is 0.529. The molecule has 0 saturated carbocycles. The fourth-order valence-corrected chi connectivity index (χ4v) is 3.64. The fourth-order valence-electron chi connectivity index (χ4n) is 2.68. The number of aromatic amines is 1. The quantitative estimate of drug-likeness (QED) is 0.608. The molecule has 0 saturated heterocycles. The normalized spacial score (nSPS) is 16.3. The van der Waals surface area contributed by atoms with Crippen molar-refractivity contribution in [3.8, 4) is 5.75 Å². The van der Waals surface area contributed by atoms with E-state index in [1.54, 1.807) is 30.6 Å². The summed E-state index contributed by atoms with van der Waals surface area (Å²) < 4.78 is 8.40. The molecule has 1 atom stereocenters. The van der Waals surface area contributed by atoms with Crippen LogP contribution in [0, 0.1) is 0 Å². The highest BCUT2D eigenvalue weighted by Crippen LogP contribution is 2.35. The second kappa shape index (κ2) is 6.55. The monoisotopic (exact) mass is 375 g/mol. The molecule has 1 amide bonds. The van der Waals surface area contributed by atoms with Gasteiger partial charge in [-0.1, -0.05) is 11.6 Å². The number of aromatic nitrogens is 3. The number of hydrogen-bond acceptors (Lipinski definition) is 6. The van der Waals surface area contributed by atoms with Crippen LogP contribution in [0.15, 0.2) is 35.5 Å². The first kappa shape index (κ1) is 16.2. The molecule has 1 aromatic carbocycles. The molecule has 4 rings (SSSR count). The zero-order valence-corrected chi connectivity index (χ0v) is 14.5. The van der Waals surface area contributed by atoms with Gasteiger partial charge >= 0.3 is 0 Å². The van der Waals surface area contributed by atoms with Crippen molar-refractivity contribution < 1.29 is 9.53 Å². The molecule has 4 N–H and O–H groups in total. The summed E-state index contributed by atoms with van der Waals surface area (Å²) in [5, 5.41) is 7.92. The lowest BCUT2D eigenvalue weighted by Crippen LogP contribution is -2.22. The van der Waals surface area contributed by atoms with E-state index in [9.17, 15) is 4.79 Å². The van der Waals surface area contributed by atoms with Crippen LogP contribution in [0.3, 0.4) is 0 Å². The van der Waals surface area contributed by atoms with E-state index < -0.39 is 0 Å². The molecule has 25 heavy (non-hydrogen) atoms. The largest absolute Gasteiger partial charge is 0.493 e. The highest BCUT2D eigenvalue weighted by molar-refractivity contribution is 7.98. The van der Waals surface area contributed by atoms with Gasteiger partial charge in [0.2, 0.25) is 0 Å². The third-order valence-corrected chi connectivity index (χ3v) is 5.17. The Bertz CT molecular complexity index is 961. The number of carbonyl (C=O) groups is 1. The van der Waals surface area contributed by atoms with Crippen molar-refractivity contribution in [3.05, 3.63) is 46.7 Å². The molecular formula is C16H14ClN5O2S. The maximum atomic E-state index is 12.5. The molecule has 3 aromatic rings. The average molecular weight is 376 g/mol. The van der Waals surface area contributed by atoms with Crippen molar-refractivity contribution in [2.75, 3.05) is 6.61 Å². The minimum absolute atomic E-state index is 0.126. The van der Waals surface area contributed by atoms with E-state index in [0.717, 1.165) is 22.3 Å². The number of hydrogen-bond donors (Lipinski definition) is 3. The molecule has 9 heteroatoms. The fraction of sp³-hybridized carbons (Fsp3) is 0.188. The summed E-state index contributed by atoms with van der Waals surface area (Å²) in [6.07, 6.45) is 4.04. The minimum atomic E-state index is -0.311. The SMILES string of the molecule is N[C@H]1CCOc2cc(C(=O)NSc3ccnc4[nH]ncc34)c(Cl)cc21. The van der Waals surface area contributed by atoms with Gasteiger partial charge in [-0.05, 0) is 30.1 Å². The number of pyridine rings is 1. The maximum absolute atomic E-state index is 12.5. The summed E-state index contributed by atoms with van der Waals surface area (Å²) in [6, 6.07) is 5.03. The minimum Gasteiger partial charge on any atom is -0.493 e. The topological polar surface area (TPSA) is 106 Å². The van der Waals surface area contributed by atoms with Crippen molar-refractivity contribution in [1.29, 1.82) is 0 Å². The van der Waals surface area contributed by atoms with Crippen LogP contribution in [0.4, 0.5) is 0 Å². The molecule has 2 aromatic heterocycles. The number of nitrogens with one attached hydrogen (secondary N) is 2. The predicted octanol–water partition coefficient (Wildman–Crippen LogP) is 2.83. The lowest BCUT2D eigenvalue weighted by Gasteiger charge is -2.23. The molecule has 0 fully saturated rings. The first-order chi connectivity index (χ1) is 12.1. The molecule has 0 unspecified atom stereocenters. The lowest BCUT2D eigenvalue weighted by molar-refractivity contribution is 0.0984. The van der Waals surface area contributed by atoms with E-state index in [1.165, 1.54) is 11.9 Å². The number of halogens is 1. The highest BCUT2D eigenvalue weighted by atomic mass is 35.5. The number of nitrogens with two attached hydrogens (primary N) is 1. The molecule has 128 valence electrons.